The van der Waals surface area contributed by atoms with Crippen LogP contribution in [-0.4, -0.2) is 6.29 Å². The highest BCUT2D eigenvalue weighted by Crippen LogP contribution is 2.29. The number of anilines is 1. The van der Waals surface area contributed by atoms with Crippen molar-refractivity contribution in [2.24, 2.45) is 0 Å². The molecule has 0 fully saturated rings. The van der Waals surface area contributed by atoms with Gasteiger partial charge in [0.25, 0.3) is 0 Å². The van der Waals surface area contributed by atoms with Crippen LogP contribution in [0.2, 0.25) is 10.0 Å². The lowest BCUT2D eigenvalue weighted by atomic mass is 10.2. The summed E-state index contributed by atoms with van der Waals surface area (Å²) in [6, 6.07) is 3.06. The molecule has 1 aromatic carbocycles. The molecule has 0 aromatic heterocycles. The fourth-order valence-corrected chi connectivity index (χ4v) is 1.02. The van der Waals surface area contributed by atoms with E-state index < -0.39 is 0 Å². The molecule has 0 atom stereocenters. The van der Waals surface area contributed by atoms with Crippen molar-refractivity contribution in [3.05, 3.63) is 27.7 Å². The van der Waals surface area contributed by atoms with E-state index in [9.17, 15) is 4.79 Å². The molecular weight excluding hydrogens is 185 g/mol. The summed E-state index contributed by atoms with van der Waals surface area (Å²) in [5, 5.41) is 0.589. The molecule has 1 rings (SSSR count). The Bertz CT molecular complexity index is 299. The lowest BCUT2D eigenvalue weighted by Crippen LogP contribution is -1.93. The molecule has 0 bridgehead atoms. The lowest BCUT2D eigenvalue weighted by Gasteiger charge is -2.01. The molecule has 0 aliphatic carbocycles. The highest BCUT2D eigenvalue weighted by atomic mass is 35.5. The summed E-state index contributed by atoms with van der Waals surface area (Å²) in [7, 11) is 0. The summed E-state index contributed by atoms with van der Waals surface area (Å²) in [6.07, 6.45) is 0.636. The van der Waals surface area contributed by atoms with Crippen LogP contribution in [0.25, 0.3) is 0 Å². The molecule has 4 heteroatoms. The Morgan fingerprint density at radius 2 is 2.00 bits per heavy atom. The molecule has 0 aliphatic rings. The normalized spacial score (nSPS) is 9.64. The fourth-order valence-electron chi connectivity index (χ4n) is 0.684. The van der Waals surface area contributed by atoms with E-state index in [1.54, 1.807) is 0 Å². The Kier molecular flexibility index (Phi) is 2.37. The third-order valence-electron chi connectivity index (χ3n) is 1.29. The molecule has 0 saturated carbocycles. The molecule has 0 amide bonds. The van der Waals surface area contributed by atoms with Crippen molar-refractivity contribution in [2.45, 2.75) is 0 Å². The van der Waals surface area contributed by atoms with E-state index in [1.807, 2.05) is 0 Å². The number of nitrogens with two attached hydrogens (primary N) is 1. The third-order valence-corrected chi connectivity index (χ3v) is 2.11. The molecule has 2 N–H and O–H groups in total. The number of aldehydes is 1. The Morgan fingerprint density at radius 1 is 1.36 bits per heavy atom. The van der Waals surface area contributed by atoms with Crippen LogP contribution < -0.4 is 5.73 Å². The van der Waals surface area contributed by atoms with E-state index in [0.29, 0.717) is 16.9 Å². The van der Waals surface area contributed by atoms with Crippen LogP contribution in [0.5, 0.6) is 0 Å². The first kappa shape index (κ1) is 8.37. The van der Waals surface area contributed by atoms with Crippen molar-refractivity contribution >= 4 is 35.2 Å². The predicted molar refractivity (Wildman–Crippen MR) is 46.3 cm³/mol. The van der Waals surface area contributed by atoms with Crippen LogP contribution in [0.3, 0.4) is 0 Å². The maximum Gasteiger partial charge on any atom is 0.152 e. The number of nitrogen functional groups attached to an aromatic ring is 1. The van der Waals surface area contributed by atoms with Crippen LogP contribution in [-0.2, 0) is 0 Å². The minimum atomic E-state index is 0.231. The Balaban J connectivity index is 3.36. The monoisotopic (exact) mass is 189 g/mol. The number of hydrogen-bond donors (Lipinski definition) is 1. The zero-order valence-corrected chi connectivity index (χ0v) is 6.99. The molecule has 2 nitrogen and oxygen atoms in total. The van der Waals surface area contributed by atoms with Crippen molar-refractivity contribution in [2.75, 3.05) is 5.73 Å². The maximum atomic E-state index is 10.3. The molecule has 0 spiro atoms. The van der Waals surface area contributed by atoms with Gasteiger partial charge in [-0.1, -0.05) is 23.2 Å². The molecule has 58 valence electrons. The van der Waals surface area contributed by atoms with Crippen molar-refractivity contribution in [1.82, 2.24) is 0 Å². The smallest absolute Gasteiger partial charge is 0.152 e. The van der Waals surface area contributed by atoms with Gasteiger partial charge in [0.15, 0.2) is 6.29 Å². The van der Waals surface area contributed by atoms with E-state index in [-0.39, 0.29) is 10.7 Å². The molecule has 0 saturated heterocycles. The largest absolute Gasteiger partial charge is 0.397 e. The van der Waals surface area contributed by atoms with E-state index >= 15 is 0 Å². The van der Waals surface area contributed by atoms with Gasteiger partial charge >= 0.3 is 0 Å². The van der Waals surface area contributed by atoms with Gasteiger partial charge in [0.2, 0.25) is 0 Å². The SMILES string of the molecule is Nc1c(C=O)ccc(Cl)c1Cl. The summed E-state index contributed by atoms with van der Waals surface area (Å²) >= 11 is 11.3. The minimum Gasteiger partial charge on any atom is -0.397 e. The van der Waals surface area contributed by atoms with Crippen LogP contribution in [0.1, 0.15) is 10.4 Å². The van der Waals surface area contributed by atoms with Gasteiger partial charge in [0.05, 0.1) is 15.7 Å². The van der Waals surface area contributed by atoms with E-state index in [0.717, 1.165) is 0 Å². The summed E-state index contributed by atoms with van der Waals surface area (Å²) in [6.45, 7) is 0. The first-order valence-corrected chi connectivity index (χ1v) is 3.61. The van der Waals surface area contributed by atoms with E-state index in [1.165, 1.54) is 12.1 Å². The minimum absolute atomic E-state index is 0.231. The Hall–Kier alpha value is -0.730. The van der Waals surface area contributed by atoms with Crippen LogP contribution in [0.15, 0.2) is 12.1 Å². The fraction of sp³-hybridized carbons (Fsp3) is 0. The first-order chi connectivity index (χ1) is 5.16. The van der Waals surface area contributed by atoms with Gasteiger partial charge in [-0.25, -0.2) is 0 Å². The standard InChI is InChI=1S/C7H5Cl2NO/c8-5-2-1-4(3-11)7(10)6(5)9/h1-3H,10H2. The quantitative estimate of drug-likeness (QED) is 0.545. The molecular formula is C7H5Cl2NO. The van der Waals surface area contributed by atoms with Gasteiger partial charge in [0, 0.05) is 5.56 Å². The van der Waals surface area contributed by atoms with Gasteiger partial charge in [-0.2, -0.15) is 0 Å². The maximum absolute atomic E-state index is 10.3. The van der Waals surface area contributed by atoms with Crippen molar-refractivity contribution in [1.29, 1.82) is 0 Å². The van der Waals surface area contributed by atoms with Crippen molar-refractivity contribution in [3.63, 3.8) is 0 Å². The van der Waals surface area contributed by atoms with Crippen LogP contribution in [0.4, 0.5) is 5.69 Å². The Labute approximate surface area is 73.9 Å². The topological polar surface area (TPSA) is 43.1 Å². The van der Waals surface area contributed by atoms with E-state index in [2.05, 4.69) is 0 Å². The van der Waals surface area contributed by atoms with Gasteiger partial charge in [-0.05, 0) is 12.1 Å². The van der Waals surface area contributed by atoms with Crippen molar-refractivity contribution < 1.29 is 4.79 Å². The number of hydrogen-bond acceptors (Lipinski definition) is 2. The summed E-state index contributed by atoms with van der Waals surface area (Å²) < 4.78 is 0. The number of rotatable bonds is 1. The molecule has 0 radical (unpaired) electrons. The van der Waals surface area contributed by atoms with Gasteiger partial charge in [-0.15, -0.1) is 0 Å². The lowest BCUT2D eigenvalue weighted by molar-refractivity contribution is 0.112. The van der Waals surface area contributed by atoms with Crippen LogP contribution >= 0.6 is 23.2 Å². The van der Waals surface area contributed by atoms with Gasteiger partial charge in [-0.3, -0.25) is 4.79 Å². The number of carbonyl (C=O) groups is 1. The number of halogens is 2. The zero-order valence-electron chi connectivity index (χ0n) is 5.47. The zero-order chi connectivity index (χ0) is 8.43. The average Bonchev–Trinajstić information content (AvgIpc) is 2.01. The second-order valence-electron chi connectivity index (χ2n) is 1.98. The second-order valence-corrected chi connectivity index (χ2v) is 2.77. The summed E-state index contributed by atoms with van der Waals surface area (Å²) in [5.41, 5.74) is 6.04. The van der Waals surface area contributed by atoms with Crippen molar-refractivity contribution in [3.8, 4) is 0 Å². The molecule has 0 aliphatic heterocycles. The third kappa shape index (κ3) is 1.47. The summed E-state index contributed by atoms with van der Waals surface area (Å²) in [5.74, 6) is 0. The first-order valence-electron chi connectivity index (χ1n) is 2.85. The van der Waals surface area contributed by atoms with Gasteiger partial charge in [0.1, 0.15) is 0 Å². The number of carbonyl (C=O) groups excluding carboxylic acids is 1. The average molecular weight is 190 g/mol. The Morgan fingerprint density at radius 3 is 2.55 bits per heavy atom. The van der Waals surface area contributed by atoms with Crippen LogP contribution in [0, 0.1) is 0 Å². The molecule has 1 aromatic rings. The molecule has 11 heavy (non-hydrogen) atoms. The molecule has 0 unspecified atom stereocenters. The predicted octanol–water partition coefficient (Wildman–Crippen LogP) is 2.39. The highest BCUT2D eigenvalue weighted by Gasteiger charge is 2.05. The number of benzene rings is 1. The molecule has 0 heterocycles. The highest BCUT2D eigenvalue weighted by molar-refractivity contribution is 6.44. The van der Waals surface area contributed by atoms with E-state index in [4.69, 9.17) is 28.9 Å². The second kappa shape index (κ2) is 3.11. The summed E-state index contributed by atoms with van der Waals surface area (Å²) in [4.78, 5) is 10.3. The van der Waals surface area contributed by atoms with Gasteiger partial charge < -0.3 is 5.73 Å².